The number of hydrogen-bond donors (Lipinski definition) is 0. The van der Waals surface area contributed by atoms with Gasteiger partial charge in [-0.15, -0.1) is 11.3 Å². The first-order chi connectivity index (χ1) is 6.22. The van der Waals surface area contributed by atoms with Crippen LogP contribution in [0.2, 0.25) is 0 Å². The highest BCUT2D eigenvalue weighted by molar-refractivity contribution is 7.11. The van der Waals surface area contributed by atoms with Crippen LogP contribution < -0.4 is 0 Å². The van der Waals surface area contributed by atoms with Crippen molar-refractivity contribution in [3.05, 3.63) is 16.1 Å². The number of aryl methyl sites for hydroxylation is 1. The number of rotatable bonds is 5. The van der Waals surface area contributed by atoms with Crippen molar-refractivity contribution < 1.29 is 4.79 Å². The molecule has 0 atom stereocenters. The molecular formula is C9H14N2OS. The fourth-order valence-electron chi connectivity index (χ4n) is 1.03. The average molecular weight is 198 g/mol. The third-order valence-corrected chi connectivity index (χ3v) is 2.59. The second-order valence-corrected chi connectivity index (χ2v) is 4.36. The molecule has 0 aromatic carbocycles. The van der Waals surface area contributed by atoms with Crippen molar-refractivity contribution in [1.29, 1.82) is 0 Å². The van der Waals surface area contributed by atoms with Crippen LogP contribution in [0.5, 0.6) is 0 Å². The van der Waals surface area contributed by atoms with E-state index in [-0.39, 0.29) is 0 Å². The molecule has 0 fully saturated rings. The molecule has 0 amide bonds. The van der Waals surface area contributed by atoms with E-state index in [1.807, 2.05) is 20.3 Å². The summed E-state index contributed by atoms with van der Waals surface area (Å²) in [6.45, 7) is 0.929. The maximum atomic E-state index is 10.1. The normalized spacial score (nSPS) is 10.7. The second-order valence-electron chi connectivity index (χ2n) is 3.16. The van der Waals surface area contributed by atoms with Crippen LogP contribution >= 0.6 is 11.3 Å². The van der Waals surface area contributed by atoms with Crippen molar-refractivity contribution in [3.8, 4) is 0 Å². The summed E-state index contributed by atoms with van der Waals surface area (Å²) in [6, 6.07) is 0. The zero-order chi connectivity index (χ0) is 9.68. The van der Waals surface area contributed by atoms with E-state index in [1.165, 1.54) is 4.88 Å². The van der Waals surface area contributed by atoms with E-state index in [0.29, 0.717) is 6.42 Å². The zero-order valence-corrected chi connectivity index (χ0v) is 8.80. The fourth-order valence-corrected chi connectivity index (χ4v) is 2.09. The molecule has 0 bridgehead atoms. The van der Waals surface area contributed by atoms with Gasteiger partial charge in [0.15, 0.2) is 0 Å². The van der Waals surface area contributed by atoms with Gasteiger partial charge in [-0.05, 0) is 14.1 Å². The largest absolute Gasteiger partial charge is 0.304 e. The SMILES string of the molecule is CN(C)Cc1cnc(CCC=O)s1. The Bertz CT molecular complexity index is 270. The number of nitrogens with zero attached hydrogens (tertiary/aromatic N) is 2. The van der Waals surface area contributed by atoms with Gasteiger partial charge in [-0.3, -0.25) is 0 Å². The highest BCUT2D eigenvalue weighted by Crippen LogP contribution is 2.15. The first-order valence-electron chi connectivity index (χ1n) is 4.24. The lowest BCUT2D eigenvalue weighted by Crippen LogP contribution is -2.09. The lowest BCUT2D eigenvalue weighted by atomic mass is 10.3. The molecule has 3 nitrogen and oxygen atoms in total. The van der Waals surface area contributed by atoms with Crippen molar-refractivity contribution in [2.45, 2.75) is 19.4 Å². The van der Waals surface area contributed by atoms with Crippen molar-refractivity contribution >= 4 is 17.6 Å². The Kier molecular flexibility index (Phi) is 4.05. The minimum Gasteiger partial charge on any atom is -0.304 e. The number of aromatic nitrogens is 1. The number of carbonyl (C=O) groups excluding carboxylic acids is 1. The van der Waals surface area contributed by atoms with Gasteiger partial charge in [0, 0.05) is 30.5 Å². The van der Waals surface area contributed by atoms with Crippen LogP contribution in [0.25, 0.3) is 0 Å². The van der Waals surface area contributed by atoms with Gasteiger partial charge in [0.05, 0.1) is 5.01 Å². The van der Waals surface area contributed by atoms with Gasteiger partial charge in [-0.1, -0.05) is 0 Å². The first-order valence-corrected chi connectivity index (χ1v) is 5.06. The molecular weight excluding hydrogens is 184 g/mol. The van der Waals surface area contributed by atoms with Crippen molar-refractivity contribution in [3.63, 3.8) is 0 Å². The Balaban J connectivity index is 2.48. The van der Waals surface area contributed by atoms with Gasteiger partial charge < -0.3 is 9.69 Å². The molecule has 0 saturated heterocycles. The molecule has 4 heteroatoms. The van der Waals surface area contributed by atoms with Crippen molar-refractivity contribution in [1.82, 2.24) is 9.88 Å². The van der Waals surface area contributed by atoms with Crippen LogP contribution in [0.4, 0.5) is 0 Å². The van der Waals surface area contributed by atoms with Crippen molar-refractivity contribution in [2.24, 2.45) is 0 Å². The Hall–Kier alpha value is -0.740. The Morgan fingerprint density at radius 3 is 3.00 bits per heavy atom. The molecule has 0 unspecified atom stereocenters. The average Bonchev–Trinajstić information content (AvgIpc) is 2.48. The molecule has 1 rings (SSSR count). The lowest BCUT2D eigenvalue weighted by molar-refractivity contribution is -0.107. The van der Waals surface area contributed by atoms with E-state index >= 15 is 0 Å². The van der Waals surface area contributed by atoms with Crippen LogP contribution in [-0.2, 0) is 17.8 Å². The summed E-state index contributed by atoms with van der Waals surface area (Å²) in [6.07, 6.45) is 4.19. The maximum absolute atomic E-state index is 10.1. The van der Waals surface area contributed by atoms with Gasteiger partial charge in [-0.2, -0.15) is 0 Å². The zero-order valence-electron chi connectivity index (χ0n) is 7.99. The van der Waals surface area contributed by atoms with Crippen LogP contribution in [0.15, 0.2) is 6.20 Å². The number of aldehydes is 1. The van der Waals surface area contributed by atoms with E-state index in [0.717, 1.165) is 24.3 Å². The third-order valence-electron chi connectivity index (χ3n) is 1.55. The first kappa shape index (κ1) is 10.3. The van der Waals surface area contributed by atoms with E-state index in [4.69, 9.17) is 0 Å². The molecule has 1 heterocycles. The van der Waals surface area contributed by atoms with Crippen LogP contribution in [0.3, 0.4) is 0 Å². The van der Waals surface area contributed by atoms with E-state index in [1.54, 1.807) is 11.3 Å². The van der Waals surface area contributed by atoms with Gasteiger partial charge in [-0.25, -0.2) is 4.98 Å². The van der Waals surface area contributed by atoms with Crippen LogP contribution in [0.1, 0.15) is 16.3 Å². The topological polar surface area (TPSA) is 33.2 Å². The van der Waals surface area contributed by atoms with Crippen LogP contribution in [-0.4, -0.2) is 30.3 Å². The highest BCUT2D eigenvalue weighted by Gasteiger charge is 2.02. The summed E-state index contributed by atoms with van der Waals surface area (Å²) >= 11 is 1.69. The summed E-state index contributed by atoms with van der Waals surface area (Å²) < 4.78 is 0. The Labute approximate surface area is 82.4 Å². The standard InChI is InChI=1S/C9H14N2OS/c1-11(2)7-8-6-10-9(13-8)4-3-5-12/h5-6H,3-4,7H2,1-2H3. The molecule has 0 saturated carbocycles. The summed E-state index contributed by atoms with van der Waals surface area (Å²) in [5, 5.41) is 1.06. The predicted molar refractivity (Wildman–Crippen MR) is 53.9 cm³/mol. The highest BCUT2D eigenvalue weighted by atomic mass is 32.1. The Morgan fingerprint density at radius 1 is 1.62 bits per heavy atom. The number of thiazole rings is 1. The minimum absolute atomic E-state index is 0.578. The van der Waals surface area contributed by atoms with Gasteiger partial charge in [0.1, 0.15) is 6.29 Å². The van der Waals surface area contributed by atoms with Crippen LogP contribution in [0, 0.1) is 0 Å². The molecule has 1 aromatic heterocycles. The molecule has 0 aliphatic rings. The fraction of sp³-hybridized carbons (Fsp3) is 0.556. The van der Waals surface area contributed by atoms with Gasteiger partial charge >= 0.3 is 0 Å². The predicted octanol–water partition coefficient (Wildman–Crippen LogP) is 1.34. The Morgan fingerprint density at radius 2 is 2.38 bits per heavy atom. The van der Waals surface area contributed by atoms with E-state index < -0.39 is 0 Å². The maximum Gasteiger partial charge on any atom is 0.120 e. The third kappa shape index (κ3) is 3.65. The van der Waals surface area contributed by atoms with E-state index in [9.17, 15) is 4.79 Å². The number of hydrogen-bond acceptors (Lipinski definition) is 4. The molecule has 0 aliphatic carbocycles. The number of carbonyl (C=O) groups is 1. The molecule has 0 N–H and O–H groups in total. The lowest BCUT2D eigenvalue weighted by Gasteiger charge is -2.05. The van der Waals surface area contributed by atoms with Gasteiger partial charge in [0.2, 0.25) is 0 Å². The summed E-state index contributed by atoms with van der Waals surface area (Å²) in [5.74, 6) is 0. The summed E-state index contributed by atoms with van der Waals surface area (Å²) in [7, 11) is 4.07. The quantitative estimate of drug-likeness (QED) is 0.669. The van der Waals surface area contributed by atoms with Crippen molar-refractivity contribution in [2.75, 3.05) is 14.1 Å². The summed E-state index contributed by atoms with van der Waals surface area (Å²) in [5.41, 5.74) is 0. The van der Waals surface area contributed by atoms with Gasteiger partial charge in [0.25, 0.3) is 0 Å². The van der Waals surface area contributed by atoms with E-state index in [2.05, 4.69) is 9.88 Å². The molecule has 1 aromatic rings. The monoisotopic (exact) mass is 198 g/mol. The molecule has 72 valence electrons. The minimum atomic E-state index is 0.578. The molecule has 0 aliphatic heterocycles. The second kappa shape index (κ2) is 5.09. The molecule has 13 heavy (non-hydrogen) atoms. The summed E-state index contributed by atoms with van der Waals surface area (Å²) in [4.78, 5) is 17.7. The molecule has 0 spiro atoms. The smallest absolute Gasteiger partial charge is 0.120 e. The molecule has 0 radical (unpaired) electrons.